The number of aromatic nitrogens is 2. The molecule has 1 atom stereocenters. The van der Waals surface area contributed by atoms with Gasteiger partial charge in [0, 0.05) is 45.3 Å². The quantitative estimate of drug-likeness (QED) is 0.561. The van der Waals surface area contributed by atoms with E-state index in [1.54, 1.807) is 29.3 Å². The summed E-state index contributed by atoms with van der Waals surface area (Å²) in [4.78, 5) is 44.1. The Morgan fingerprint density at radius 3 is 2.46 bits per heavy atom. The van der Waals surface area contributed by atoms with E-state index in [0.717, 1.165) is 30.6 Å². The molecule has 9 heteroatoms. The summed E-state index contributed by atoms with van der Waals surface area (Å²) in [5.41, 5.74) is 1.62. The summed E-state index contributed by atoms with van der Waals surface area (Å²) in [6.45, 7) is 3.79. The minimum Gasteiger partial charge on any atom is -0.459 e. The van der Waals surface area contributed by atoms with Crippen molar-refractivity contribution >= 4 is 17.5 Å². The van der Waals surface area contributed by atoms with Gasteiger partial charge in [0.05, 0.1) is 30.6 Å². The SMILES string of the molecule is O=C(c1ccco1)N1CCN(C(=O)[C@@H]2CCCN(c3cnn(Cc4ccccc4)c(=O)c3)C2)CC1. The Morgan fingerprint density at radius 1 is 0.971 bits per heavy atom. The average Bonchev–Trinajstić information content (AvgIpc) is 3.45. The lowest BCUT2D eigenvalue weighted by Crippen LogP contribution is -2.53. The lowest BCUT2D eigenvalue weighted by molar-refractivity contribution is -0.137. The standard InChI is InChI=1S/C26H29N5O4/c32-24-16-22(17-27-31(24)18-20-6-2-1-3-7-20)30-10-4-8-21(19-30)25(33)28-11-13-29(14-12-28)26(34)23-9-5-15-35-23/h1-3,5-7,9,15-17,21H,4,8,10-14,18-19H2/t21-/m1/s1. The maximum atomic E-state index is 13.3. The van der Waals surface area contributed by atoms with Gasteiger partial charge < -0.3 is 19.1 Å². The van der Waals surface area contributed by atoms with E-state index in [2.05, 4.69) is 10.00 Å². The van der Waals surface area contributed by atoms with E-state index < -0.39 is 0 Å². The van der Waals surface area contributed by atoms with Crippen LogP contribution >= 0.6 is 0 Å². The molecule has 0 saturated carbocycles. The summed E-state index contributed by atoms with van der Waals surface area (Å²) in [7, 11) is 0. The monoisotopic (exact) mass is 475 g/mol. The molecular formula is C26H29N5O4. The van der Waals surface area contributed by atoms with Crippen LogP contribution in [0, 0.1) is 5.92 Å². The molecule has 9 nitrogen and oxygen atoms in total. The van der Waals surface area contributed by atoms with Crippen molar-refractivity contribution in [3.63, 3.8) is 0 Å². The Labute approximate surface area is 203 Å². The zero-order valence-corrected chi connectivity index (χ0v) is 19.6. The summed E-state index contributed by atoms with van der Waals surface area (Å²) < 4.78 is 6.66. The Kier molecular flexibility index (Phi) is 6.65. The second kappa shape index (κ2) is 10.2. The second-order valence-electron chi connectivity index (χ2n) is 9.08. The minimum absolute atomic E-state index is 0.116. The number of piperidine rings is 1. The van der Waals surface area contributed by atoms with Crippen molar-refractivity contribution in [2.45, 2.75) is 19.4 Å². The van der Waals surface area contributed by atoms with Crippen LogP contribution in [-0.4, -0.2) is 70.7 Å². The molecule has 182 valence electrons. The predicted molar refractivity (Wildman–Crippen MR) is 130 cm³/mol. The van der Waals surface area contributed by atoms with Crippen LogP contribution < -0.4 is 10.5 Å². The zero-order valence-electron chi connectivity index (χ0n) is 19.6. The summed E-state index contributed by atoms with van der Waals surface area (Å²) in [5, 5.41) is 4.38. The predicted octanol–water partition coefficient (Wildman–Crippen LogP) is 2.09. The van der Waals surface area contributed by atoms with Crippen LogP contribution in [0.1, 0.15) is 29.0 Å². The van der Waals surface area contributed by atoms with Gasteiger partial charge in [0.2, 0.25) is 5.91 Å². The van der Waals surface area contributed by atoms with Gasteiger partial charge in [-0.25, -0.2) is 4.68 Å². The molecule has 1 aromatic carbocycles. The van der Waals surface area contributed by atoms with Crippen molar-refractivity contribution in [3.8, 4) is 0 Å². The number of amides is 2. The Morgan fingerprint density at radius 2 is 1.74 bits per heavy atom. The first-order chi connectivity index (χ1) is 17.1. The highest BCUT2D eigenvalue weighted by atomic mass is 16.3. The number of benzene rings is 1. The Hall–Kier alpha value is -3.88. The largest absolute Gasteiger partial charge is 0.459 e. The molecule has 0 N–H and O–H groups in total. The number of carbonyl (C=O) groups is 2. The fourth-order valence-electron chi connectivity index (χ4n) is 4.83. The average molecular weight is 476 g/mol. The maximum Gasteiger partial charge on any atom is 0.289 e. The van der Waals surface area contributed by atoms with E-state index >= 15 is 0 Å². The molecule has 2 fully saturated rings. The van der Waals surface area contributed by atoms with Crippen molar-refractivity contribution in [1.29, 1.82) is 0 Å². The zero-order chi connectivity index (χ0) is 24.2. The molecule has 4 heterocycles. The molecule has 0 bridgehead atoms. The molecule has 2 saturated heterocycles. The fraction of sp³-hybridized carbons (Fsp3) is 0.385. The second-order valence-corrected chi connectivity index (χ2v) is 9.08. The number of furan rings is 1. The highest BCUT2D eigenvalue weighted by Crippen LogP contribution is 2.24. The molecule has 2 amide bonds. The minimum atomic E-state index is -0.155. The molecule has 0 aliphatic carbocycles. The third-order valence-electron chi connectivity index (χ3n) is 6.78. The summed E-state index contributed by atoms with van der Waals surface area (Å²) in [6, 6.07) is 14.7. The molecule has 0 radical (unpaired) electrons. The van der Waals surface area contributed by atoms with E-state index in [4.69, 9.17) is 4.42 Å². The number of carbonyl (C=O) groups excluding carboxylic acids is 2. The number of hydrogen-bond donors (Lipinski definition) is 0. The van der Waals surface area contributed by atoms with E-state index in [-0.39, 0.29) is 23.3 Å². The summed E-state index contributed by atoms with van der Waals surface area (Å²) in [5.74, 6) is 0.167. The third-order valence-corrected chi connectivity index (χ3v) is 6.78. The topological polar surface area (TPSA) is 91.9 Å². The highest BCUT2D eigenvalue weighted by Gasteiger charge is 2.32. The van der Waals surface area contributed by atoms with Gasteiger partial charge in [0.15, 0.2) is 5.76 Å². The first-order valence-corrected chi connectivity index (χ1v) is 12.1. The van der Waals surface area contributed by atoms with Crippen LogP contribution in [-0.2, 0) is 11.3 Å². The molecule has 5 rings (SSSR count). The van der Waals surface area contributed by atoms with Gasteiger partial charge in [-0.3, -0.25) is 14.4 Å². The molecular weight excluding hydrogens is 446 g/mol. The van der Waals surface area contributed by atoms with E-state index in [1.165, 1.54) is 10.9 Å². The van der Waals surface area contributed by atoms with Gasteiger partial charge in [0.1, 0.15) is 0 Å². The number of anilines is 1. The van der Waals surface area contributed by atoms with Crippen LogP contribution in [0.2, 0.25) is 0 Å². The highest BCUT2D eigenvalue weighted by molar-refractivity contribution is 5.91. The van der Waals surface area contributed by atoms with Gasteiger partial charge in [-0.05, 0) is 30.5 Å². The molecule has 35 heavy (non-hydrogen) atoms. The maximum absolute atomic E-state index is 13.3. The molecule has 2 aromatic heterocycles. The van der Waals surface area contributed by atoms with Gasteiger partial charge in [-0.15, -0.1) is 0 Å². The van der Waals surface area contributed by atoms with E-state index in [9.17, 15) is 14.4 Å². The van der Waals surface area contributed by atoms with E-state index in [0.29, 0.717) is 45.0 Å². The van der Waals surface area contributed by atoms with Crippen LogP contribution in [0.5, 0.6) is 0 Å². The van der Waals surface area contributed by atoms with Crippen LogP contribution in [0.4, 0.5) is 5.69 Å². The number of piperazine rings is 1. The number of rotatable bonds is 5. The van der Waals surface area contributed by atoms with Gasteiger partial charge >= 0.3 is 0 Å². The van der Waals surface area contributed by atoms with Crippen LogP contribution in [0.15, 0.2) is 70.2 Å². The lowest BCUT2D eigenvalue weighted by Gasteiger charge is -2.39. The van der Waals surface area contributed by atoms with Gasteiger partial charge in [-0.1, -0.05) is 30.3 Å². The normalized spacial score (nSPS) is 18.5. The lowest BCUT2D eigenvalue weighted by atomic mass is 9.96. The van der Waals surface area contributed by atoms with Gasteiger partial charge in [0.25, 0.3) is 11.5 Å². The van der Waals surface area contributed by atoms with Crippen molar-refractivity contribution in [1.82, 2.24) is 19.6 Å². The van der Waals surface area contributed by atoms with Crippen molar-refractivity contribution in [3.05, 3.63) is 82.7 Å². The smallest absolute Gasteiger partial charge is 0.289 e. The summed E-state index contributed by atoms with van der Waals surface area (Å²) in [6.07, 6.45) is 4.90. The van der Waals surface area contributed by atoms with E-state index in [1.807, 2.05) is 35.2 Å². The van der Waals surface area contributed by atoms with Gasteiger partial charge in [-0.2, -0.15) is 5.10 Å². The molecule has 0 spiro atoms. The summed E-state index contributed by atoms with van der Waals surface area (Å²) >= 11 is 0. The first-order valence-electron chi connectivity index (χ1n) is 12.1. The third kappa shape index (κ3) is 5.13. The Bertz CT molecular complexity index is 1220. The first kappa shape index (κ1) is 22.9. The van der Waals surface area contributed by atoms with Crippen LogP contribution in [0.3, 0.4) is 0 Å². The molecule has 2 aliphatic heterocycles. The van der Waals surface area contributed by atoms with Crippen LogP contribution in [0.25, 0.3) is 0 Å². The van der Waals surface area contributed by atoms with Crippen molar-refractivity contribution in [2.24, 2.45) is 5.92 Å². The molecule has 3 aromatic rings. The number of hydrogen-bond acceptors (Lipinski definition) is 6. The van der Waals surface area contributed by atoms with Crippen molar-refractivity contribution in [2.75, 3.05) is 44.2 Å². The number of nitrogens with zero attached hydrogens (tertiary/aromatic N) is 5. The molecule has 0 unspecified atom stereocenters. The molecule has 2 aliphatic rings. The van der Waals surface area contributed by atoms with Crippen molar-refractivity contribution < 1.29 is 14.0 Å². The fourth-order valence-corrected chi connectivity index (χ4v) is 4.83. The Balaban J connectivity index is 1.18.